The van der Waals surface area contributed by atoms with Gasteiger partial charge < -0.3 is 14.6 Å². The lowest BCUT2D eigenvalue weighted by molar-refractivity contribution is 0.389. The normalized spacial score (nSPS) is 12.5. The van der Waals surface area contributed by atoms with E-state index in [9.17, 15) is 8.42 Å². The van der Waals surface area contributed by atoms with Gasteiger partial charge in [-0.2, -0.15) is 0 Å². The maximum Gasteiger partial charge on any atom is 0.274 e. The Morgan fingerprint density at radius 3 is 2.60 bits per heavy atom. The molecular weight excluding hydrogens is 278 g/mol. The zero-order valence-electron chi connectivity index (χ0n) is 12.6. The van der Waals surface area contributed by atoms with Crippen molar-refractivity contribution in [1.29, 1.82) is 0 Å². The van der Waals surface area contributed by atoms with Gasteiger partial charge in [-0.05, 0) is 38.7 Å². The van der Waals surface area contributed by atoms with E-state index in [4.69, 9.17) is 4.42 Å². The van der Waals surface area contributed by atoms with Crippen molar-refractivity contribution < 1.29 is 12.8 Å². The Morgan fingerprint density at radius 1 is 1.30 bits per heavy atom. The van der Waals surface area contributed by atoms with Crippen LogP contribution in [-0.4, -0.2) is 47.0 Å². The molecule has 0 saturated heterocycles. The lowest BCUT2D eigenvalue weighted by Crippen LogP contribution is -2.31. The molecule has 6 nitrogen and oxygen atoms in total. The monoisotopic (exact) mass is 303 g/mol. The first-order valence-electron chi connectivity index (χ1n) is 6.75. The predicted molar refractivity (Wildman–Crippen MR) is 79.0 cm³/mol. The minimum absolute atomic E-state index is 0.0300. The van der Waals surface area contributed by atoms with Gasteiger partial charge in [0.2, 0.25) is 5.09 Å². The third kappa shape index (κ3) is 6.04. The third-order valence-electron chi connectivity index (χ3n) is 2.60. The standard InChI is InChI=1S/C13H25N3O3S/c1-11(2)9-14-10-12-5-6-13(19-12)20(17,18)15-7-8-16(3)4/h5-6,11,14-15H,7-10H2,1-4H3. The third-order valence-corrected chi connectivity index (χ3v) is 3.94. The highest BCUT2D eigenvalue weighted by atomic mass is 32.2. The number of rotatable bonds is 9. The zero-order chi connectivity index (χ0) is 15.2. The van der Waals surface area contributed by atoms with E-state index in [1.165, 1.54) is 6.07 Å². The first-order chi connectivity index (χ1) is 9.31. The summed E-state index contributed by atoms with van der Waals surface area (Å²) in [4.78, 5) is 1.91. The number of hydrogen-bond acceptors (Lipinski definition) is 5. The van der Waals surface area contributed by atoms with Crippen LogP contribution in [-0.2, 0) is 16.6 Å². The highest BCUT2D eigenvalue weighted by molar-refractivity contribution is 7.89. The lowest BCUT2D eigenvalue weighted by Gasteiger charge is -2.09. The van der Waals surface area contributed by atoms with Crippen LogP contribution in [0.5, 0.6) is 0 Å². The van der Waals surface area contributed by atoms with Crippen molar-refractivity contribution in [2.45, 2.75) is 25.5 Å². The zero-order valence-corrected chi connectivity index (χ0v) is 13.5. The molecular formula is C13H25N3O3S. The number of hydrogen-bond donors (Lipinski definition) is 2. The van der Waals surface area contributed by atoms with Gasteiger partial charge in [0.05, 0.1) is 6.54 Å². The topological polar surface area (TPSA) is 74.6 Å². The molecule has 116 valence electrons. The van der Waals surface area contributed by atoms with E-state index in [0.717, 1.165) is 6.54 Å². The number of nitrogens with one attached hydrogen (secondary N) is 2. The number of nitrogens with zero attached hydrogens (tertiary/aromatic N) is 1. The van der Waals surface area contributed by atoms with Crippen LogP contribution in [0.15, 0.2) is 21.6 Å². The summed E-state index contributed by atoms with van der Waals surface area (Å²) in [7, 11) is 0.230. The second-order valence-corrected chi connectivity index (χ2v) is 7.14. The fourth-order valence-electron chi connectivity index (χ4n) is 1.56. The molecule has 0 unspecified atom stereocenters. The summed E-state index contributed by atoms with van der Waals surface area (Å²) >= 11 is 0. The molecule has 7 heteroatoms. The van der Waals surface area contributed by atoms with Crippen LogP contribution in [0.1, 0.15) is 19.6 Å². The van der Waals surface area contributed by atoms with Crippen molar-refractivity contribution in [3.63, 3.8) is 0 Å². The Morgan fingerprint density at radius 2 is 2.00 bits per heavy atom. The van der Waals surface area contributed by atoms with E-state index in [1.807, 2.05) is 19.0 Å². The molecule has 0 saturated carbocycles. The van der Waals surface area contributed by atoms with E-state index in [0.29, 0.717) is 31.3 Å². The van der Waals surface area contributed by atoms with Crippen LogP contribution in [0, 0.1) is 5.92 Å². The maximum absolute atomic E-state index is 12.0. The predicted octanol–water partition coefficient (Wildman–Crippen LogP) is 0.865. The molecule has 0 amide bonds. The molecule has 1 heterocycles. The Hall–Kier alpha value is -0.890. The lowest BCUT2D eigenvalue weighted by atomic mass is 10.2. The number of furan rings is 1. The van der Waals surface area contributed by atoms with Crippen molar-refractivity contribution in [2.24, 2.45) is 5.92 Å². The average molecular weight is 303 g/mol. The molecule has 0 spiro atoms. The molecule has 0 bridgehead atoms. The van der Waals surface area contributed by atoms with Gasteiger partial charge in [0, 0.05) is 13.1 Å². The summed E-state index contributed by atoms with van der Waals surface area (Å²) in [6.07, 6.45) is 0. The highest BCUT2D eigenvalue weighted by Crippen LogP contribution is 2.13. The van der Waals surface area contributed by atoms with Crippen LogP contribution in [0.3, 0.4) is 0 Å². The molecule has 0 aliphatic heterocycles. The first kappa shape index (κ1) is 17.2. The van der Waals surface area contributed by atoms with Gasteiger partial charge in [0.15, 0.2) is 0 Å². The van der Waals surface area contributed by atoms with Gasteiger partial charge in [-0.25, -0.2) is 13.1 Å². The second kappa shape index (κ2) is 7.78. The van der Waals surface area contributed by atoms with Gasteiger partial charge in [0.25, 0.3) is 10.0 Å². The quantitative estimate of drug-likeness (QED) is 0.708. The molecule has 20 heavy (non-hydrogen) atoms. The Kier molecular flexibility index (Phi) is 6.67. The fraction of sp³-hybridized carbons (Fsp3) is 0.692. The molecule has 0 radical (unpaired) electrons. The summed E-state index contributed by atoms with van der Waals surface area (Å²) in [5.41, 5.74) is 0. The summed E-state index contributed by atoms with van der Waals surface area (Å²) in [6.45, 7) is 6.62. The minimum Gasteiger partial charge on any atom is -0.447 e. The Labute approximate surface area is 121 Å². The van der Waals surface area contributed by atoms with Gasteiger partial charge in [-0.3, -0.25) is 0 Å². The molecule has 0 aromatic carbocycles. The Bertz CT molecular complexity index is 495. The van der Waals surface area contributed by atoms with Crippen molar-refractivity contribution in [3.8, 4) is 0 Å². The number of likely N-dealkylation sites (N-methyl/N-ethyl adjacent to an activating group) is 1. The molecule has 1 aromatic rings. The summed E-state index contributed by atoms with van der Waals surface area (Å²) in [5, 5.41) is 3.18. The smallest absolute Gasteiger partial charge is 0.274 e. The van der Waals surface area contributed by atoms with Crippen molar-refractivity contribution in [1.82, 2.24) is 14.9 Å². The SMILES string of the molecule is CC(C)CNCc1ccc(S(=O)(=O)NCCN(C)C)o1. The largest absolute Gasteiger partial charge is 0.447 e. The Balaban J connectivity index is 2.52. The maximum atomic E-state index is 12.0. The van der Waals surface area contributed by atoms with Gasteiger partial charge in [-0.15, -0.1) is 0 Å². The van der Waals surface area contributed by atoms with E-state index in [2.05, 4.69) is 23.9 Å². The second-order valence-electron chi connectivity index (χ2n) is 5.45. The van der Waals surface area contributed by atoms with Crippen LogP contribution in [0.4, 0.5) is 0 Å². The van der Waals surface area contributed by atoms with E-state index >= 15 is 0 Å². The van der Waals surface area contributed by atoms with E-state index in [1.54, 1.807) is 6.07 Å². The molecule has 2 N–H and O–H groups in total. The molecule has 1 aromatic heterocycles. The first-order valence-corrected chi connectivity index (χ1v) is 8.23. The van der Waals surface area contributed by atoms with Crippen molar-refractivity contribution in [3.05, 3.63) is 17.9 Å². The molecule has 1 rings (SSSR count). The number of sulfonamides is 1. The van der Waals surface area contributed by atoms with Gasteiger partial charge in [0.1, 0.15) is 5.76 Å². The van der Waals surface area contributed by atoms with Crippen molar-refractivity contribution in [2.75, 3.05) is 33.7 Å². The summed E-state index contributed by atoms with van der Waals surface area (Å²) < 4.78 is 31.8. The van der Waals surface area contributed by atoms with E-state index < -0.39 is 10.0 Å². The van der Waals surface area contributed by atoms with Crippen LogP contribution < -0.4 is 10.0 Å². The van der Waals surface area contributed by atoms with Gasteiger partial charge in [-0.1, -0.05) is 13.8 Å². The molecule has 0 fully saturated rings. The van der Waals surface area contributed by atoms with Crippen LogP contribution in [0.25, 0.3) is 0 Å². The summed E-state index contributed by atoms with van der Waals surface area (Å²) in [5.74, 6) is 1.17. The highest BCUT2D eigenvalue weighted by Gasteiger charge is 2.18. The van der Waals surface area contributed by atoms with Crippen LogP contribution >= 0.6 is 0 Å². The van der Waals surface area contributed by atoms with E-state index in [-0.39, 0.29) is 5.09 Å². The van der Waals surface area contributed by atoms with Gasteiger partial charge >= 0.3 is 0 Å². The molecule has 0 atom stereocenters. The molecule has 0 aliphatic carbocycles. The summed E-state index contributed by atoms with van der Waals surface area (Å²) in [6, 6.07) is 3.18. The van der Waals surface area contributed by atoms with Crippen LogP contribution in [0.2, 0.25) is 0 Å². The van der Waals surface area contributed by atoms with Crippen molar-refractivity contribution >= 4 is 10.0 Å². The minimum atomic E-state index is -3.55. The average Bonchev–Trinajstić information content (AvgIpc) is 2.77. The molecule has 0 aliphatic rings. The fourth-order valence-corrected chi connectivity index (χ4v) is 2.52.